The lowest BCUT2D eigenvalue weighted by atomic mass is 9.53. The van der Waals surface area contributed by atoms with E-state index in [1.165, 1.54) is 38.5 Å². The first-order valence-corrected chi connectivity index (χ1v) is 5.21. The van der Waals surface area contributed by atoms with E-state index in [0.717, 1.165) is 17.8 Å². The molecular weight excluding hydrogens is 166 g/mol. The van der Waals surface area contributed by atoms with E-state index in [2.05, 4.69) is 5.48 Å². The van der Waals surface area contributed by atoms with Gasteiger partial charge in [-0.1, -0.05) is 0 Å². The molecule has 3 heteroatoms. The molecule has 4 N–H and O–H groups in total. The summed E-state index contributed by atoms with van der Waals surface area (Å²) in [5.41, 5.74) is 2.76. The van der Waals surface area contributed by atoms with Gasteiger partial charge in [-0.2, -0.15) is 5.48 Å². The summed E-state index contributed by atoms with van der Waals surface area (Å²) in [6.07, 6.45) is 8.03. The van der Waals surface area contributed by atoms with Crippen molar-refractivity contribution >= 4 is 0 Å². The van der Waals surface area contributed by atoms with Gasteiger partial charge in [-0.05, 0) is 56.3 Å². The zero-order valence-corrected chi connectivity index (χ0v) is 7.92. The van der Waals surface area contributed by atoms with Gasteiger partial charge in [0.15, 0.2) is 0 Å². The zero-order chi connectivity index (χ0) is 8.18. The van der Waals surface area contributed by atoms with Crippen LogP contribution in [0.1, 0.15) is 38.5 Å². The molecule has 0 aliphatic heterocycles. The highest BCUT2D eigenvalue weighted by atomic mass is 16.5. The molecule has 4 aliphatic carbocycles. The molecule has 0 aromatic carbocycles. The molecule has 4 aliphatic rings. The van der Waals surface area contributed by atoms with Crippen LogP contribution in [0.4, 0.5) is 0 Å². The van der Waals surface area contributed by atoms with Crippen molar-refractivity contribution in [1.29, 1.82) is 0 Å². The molecule has 0 aromatic rings. The van der Waals surface area contributed by atoms with Gasteiger partial charge in [0.2, 0.25) is 0 Å². The second-order valence-electron chi connectivity index (χ2n) is 5.31. The summed E-state index contributed by atoms with van der Waals surface area (Å²) in [7, 11) is 0. The molecule has 0 heterocycles. The Hall–Kier alpha value is -0.120. The molecule has 0 aromatic heterocycles. The smallest absolute Gasteiger partial charge is 0.0438 e. The molecule has 4 rings (SSSR count). The zero-order valence-electron chi connectivity index (χ0n) is 7.92. The van der Waals surface area contributed by atoms with Crippen molar-refractivity contribution in [3.8, 4) is 0 Å². The van der Waals surface area contributed by atoms with E-state index in [0.29, 0.717) is 0 Å². The third kappa shape index (κ3) is 1.30. The summed E-state index contributed by atoms with van der Waals surface area (Å²) in [5, 5.41) is 9.18. The summed E-state index contributed by atoms with van der Waals surface area (Å²) in [4.78, 5) is 0. The maximum absolute atomic E-state index is 9.18. The van der Waals surface area contributed by atoms with Crippen molar-refractivity contribution in [3.05, 3.63) is 0 Å². The Labute approximate surface area is 78.8 Å². The summed E-state index contributed by atoms with van der Waals surface area (Å²) >= 11 is 0. The van der Waals surface area contributed by atoms with E-state index >= 15 is 0 Å². The lowest BCUT2D eigenvalue weighted by molar-refractivity contribution is -0.0789. The first-order valence-electron chi connectivity index (χ1n) is 5.21. The number of hydrogen-bond acceptors (Lipinski definition) is 2. The third-order valence-corrected chi connectivity index (χ3v) is 4.28. The van der Waals surface area contributed by atoms with E-state index in [1.54, 1.807) is 0 Å². The van der Waals surface area contributed by atoms with Crippen LogP contribution in [0.25, 0.3) is 0 Å². The molecule has 0 radical (unpaired) electrons. The number of hydrogen-bond donors (Lipinski definition) is 2. The minimum atomic E-state index is 0. The van der Waals surface area contributed by atoms with Gasteiger partial charge >= 0.3 is 0 Å². The van der Waals surface area contributed by atoms with Crippen molar-refractivity contribution < 1.29 is 10.7 Å². The minimum absolute atomic E-state index is 0. The molecule has 0 unspecified atom stereocenters. The molecule has 0 amide bonds. The van der Waals surface area contributed by atoms with Gasteiger partial charge in [0.1, 0.15) is 0 Å². The lowest BCUT2D eigenvalue weighted by Crippen LogP contribution is -2.57. The van der Waals surface area contributed by atoms with Crippen LogP contribution in [-0.2, 0) is 0 Å². The van der Waals surface area contributed by atoms with Gasteiger partial charge in [-0.15, -0.1) is 0 Å². The summed E-state index contributed by atoms with van der Waals surface area (Å²) in [6, 6.07) is 0. The van der Waals surface area contributed by atoms with Crippen LogP contribution in [0.3, 0.4) is 0 Å². The Morgan fingerprint density at radius 1 is 0.923 bits per heavy atom. The fraction of sp³-hybridized carbons (Fsp3) is 1.00. The van der Waals surface area contributed by atoms with Gasteiger partial charge in [0, 0.05) is 5.54 Å². The van der Waals surface area contributed by atoms with E-state index < -0.39 is 0 Å². The molecule has 4 fully saturated rings. The highest BCUT2D eigenvalue weighted by molar-refractivity contribution is 5.04. The standard InChI is InChI=1S/C10H17NO.H2O/c12-11-10-4-7-1-8(5-10)3-9(2-7)6-10;/h7-9,11-12H,1-6H2;1H2. The van der Waals surface area contributed by atoms with Gasteiger partial charge in [0.25, 0.3) is 0 Å². The van der Waals surface area contributed by atoms with Crippen LogP contribution in [0.2, 0.25) is 0 Å². The quantitative estimate of drug-likeness (QED) is 0.601. The van der Waals surface area contributed by atoms with Crippen LogP contribution >= 0.6 is 0 Å². The predicted octanol–water partition coefficient (Wildman–Crippen LogP) is 1.11. The third-order valence-electron chi connectivity index (χ3n) is 4.28. The largest absolute Gasteiger partial charge is 0.412 e. The Morgan fingerprint density at radius 3 is 1.62 bits per heavy atom. The first-order chi connectivity index (χ1) is 5.80. The molecule has 4 saturated carbocycles. The molecule has 4 bridgehead atoms. The Balaban J connectivity index is 0.000000653. The van der Waals surface area contributed by atoms with Crippen molar-refractivity contribution in [2.75, 3.05) is 0 Å². The van der Waals surface area contributed by atoms with Crippen LogP contribution in [0.5, 0.6) is 0 Å². The topological polar surface area (TPSA) is 63.8 Å². The normalized spacial score (nSPS) is 51.9. The van der Waals surface area contributed by atoms with E-state index in [9.17, 15) is 5.21 Å². The van der Waals surface area contributed by atoms with E-state index in [-0.39, 0.29) is 11.0 Å². The van der Waals surface area contributed by atoms with Crippen molar-refractivity contribution in [2.45, 2.75) is 44.1 Å². The monoisotopic (exact) mass is 185 g/mol. The highest BCUT2D eigenvalue weighted by Gasteiger charge is 2.50. The second-order valence-corrected chi connectivity index (χ2v) is 5.31. The first kappa shape index (κ1) is 9.44. The van der Waals surface area contributed by atoms with E-state index in [1.807, 2.05) is 0 Å². The molecule has 76 valence electrons. The fourth-order valence-corrected chi connectivity index (χ4v) is 4.25. The second kappa shape index (κ2) is 2.94. The Bertz CT molecular complexity index is 170. The van der Waals surface area contributed by atoms with Crippen LogP contribution < -0.4 is 5.48 Å². The molecule has 0 spiro atoms. The fourth-order valence-electron chi connectivity index (χ4n) is 4.25. The average Bonchev–Trinajstić information content (AvgIpc) is 2.02. The molecule has 3 nitrogen and oxygen atoms in total. The number of rotatable bonds is 1. The van der Waals surface area contributed by atoms with E-state index in [4.69, 9.17) is 0 Å². The van der Waals surface area contributed by atoms with Gasteiger partial charge in [-0.3, -0.25) is 0 Å². The highest BCUT2D eigenvalue weighted by Crippen LogP contribution is 2.55. The van der Waals surface area contributed by atoms with Gasteiger partial charge in [0.05, 0.1) is 0 Å². The van der Waals surface area contributed by atoms with Crippen LogP contribution in [0, 0.1) is 17.8 Å². The maximum atomic E-state index is 9.18. The summed E-state index contributed by atoms with van der Waals surface area (Å²) in [5.74, 6) is 2.78. The molecule has 0 atom stereocenters. The van der Waals surface area contributed by atoms with Crippen molar-refractivity contribution in [3.63, 3.8) is 0 Å². The predicted molar refractivity (Wildman–Crippen MR) is 49.4 cm³/mol. The van der Waals surface area contributed by atoms with Crippen molar-refractivity contribution in [1.82, 2.24) is 5.48 Å². The molecular formula is C10H19NO2. The van der Waals surface area contributed by atoms with Gasteiger partial charge < -0.3 is 10.7 Å². The summed E-state index contributed by atoms with van der Waals surface area (Å²) in [6.45, 7) is 0. The molecule has 13 heavy (non-hydrogen) atoms. The number of hydroxylamine groups is 1. The van der Waals surface area contributed by atoms with Crippen LogP contribution in [0.15, 0.2) is 0 Å². The van der Waals surface area contributed by atoms with Crippen molar-refractivity contribution in [2.24, 2.45) is 17.8 Å². The molecule has 0 saturated heterocycles. The Kier molecular flexibility index (Phi) is 2.13. The SMILES string of the molecule is O.ONC12CC3CC(CC(C3)C1)C2. The van der Waals surface area contributed by atoms with Gasteiger partial charge in [-0.25, -0.2) is 0 Å². The summed E-state index contributed by atoms with van der Waals surface area (Å²) < 4.78 is 0. The lowest BCUT2D eigenvalue weighted by Gasteiger charge is -2.56. The Morgan fingerprint density at radius 2 is 1.31 bits per heavy atom. The number of nitrogens with one attached hydrogen (secondary N) is 1. The average molecular weight is 185 g/mol. The van der Waals surface area contributed by atoms with Crippen LogP contribution in [-0.4, -0.2) is 16.2 Å². The maximum Gasteiger partial charge on any atom is 0.0438 e. The minimum Gasteiger partial charge on any atom is -0.412 e.